The number of aromatic nitrogens is 6. The third kappa shape index (κ3) is 3.34. The zero-order chi connectivity index (χ0) is 21.4. The first-order chi connectivity index (χ1) is 14.4. The summed E-state index contributed by atoms with van der Waals surface area (Å²) in [5.41, 5.74) is 5.74. The number of aromatic amines is 1. The highest BCUT2D eigenvalue weighted by Gasteiger charge is 2.22. The minimum absolute atomic E-state index is 0.153. The second kappa shape index (κ2) is 7.70. The molecule has 3 aromatic heterocycles. The molecule has 0 atom stereocenters. The lowest BCUT2D eigenvalue weighted by atomic mass is 10.0. The van der Waals surface area contributed by atoms with Crippen LogP contribution < -0.4 is 0 Å². The number of nitrogens with zero attached hydrogens (tertiary/aromatic N) is 5. The summed E-state index contributed by atoms with van der Waals surface area (Å²) < 4.78 is 14.7. The quantitative estimate of drug-likeness (QED) is 0.501. The molecule has 154 valence electrons. The normalized spacial score (nSPS) is 12.1. The van der Waals surface area contributed by atoms with Gasteiger partial charge in [-0.1, -0.05) is 31.6 Å². The average Bonchev–Trinajstić information content (AvgIpc) is 3.29. The fraction of sp³-hybridized carbons (Fsp3) is 0.273. The fourth-order valence-corrected chi connectivity index (χ4v) is 3.32. The molecule has 3 heterocycles. The second-order valence-electron chi connectivity index (χ2n) is 7.22. The van der Waals surface area contributed by atoms with E-state index < -0.39 is 0 Å². The molecule has 0 unspecified atom stereocenters. The Bertz CT molecular complexity index is 1250. The zero-order valence-corrected chi connectivity index (χ0v) is 17.4. The molecule has 4 rings (SSSR count). The van der Waals surface area contributed by atoms with Crippen LogP contribution in [0.2, 0.25) is 0 Å². The Morgan fingerprint density at radius 3 is 2.60 bits per heavy atom. The van der Waals surface area contributed by atoms with Gasteiger partial charge >= 0.3 is 0 Å². The first-order valence-electron chi connectivity index (χ1n) is 9.90. The van der Waals surface area contributed by atoms with Gasteiger partial charge in [-0.25, -0.2) is 9.37 Å². The lowest BCUT2D eigenvalue weighted by Gasteiger charge is -2.03. The highest BCUT2D eigenvalue weighted by Crippen LogP contribution is 2.33. The van der Waals surface area contributed by atoms with Crippen LogP contribution in [-0.4, -0.2) is 34.9 Å². The Morgan fingerprint density at radius 2 is 1.93 bits per heavy atom. The third-order valence-corrected chi connectivity index (χ3v) is 5.15. The van der Waals surface area contributed by atoms with Crippen LogP contribution in [0.4, 0.5) is 4.39 Å². The minimum atomic E-state index is -0.319. The molecule has 0 aliphatic rings. The molecule has 2 N–H and O–H groups in total. The molecule has 1 aromatic carbocycles. The molecule has 0 spiro atoms. The summed E-state index contributed by atoms with van der Waals surface area (Å²) in [6.07, 6.45) is 3.59. The number of aromatic hydroxyl groups is 1. The van der Waals surface area contributed by atoms with Gasteiger partial charge in [-0.05, 0) is 50.5 Å². The molecule has 0 aliphatic carbocycles. The summed E-state index contributed by atoms with van der Waals surface area (Å²) in [4.78, 5) is 7.72. The van der Waals surface area contributed by atoms with Crippen molar-refractivity contribution < 1.29 is 9.50 Å². The summed E-state index contributed by atoms with van der Waals surface area (Å²) in [7, 11) is 0. The molecule has 0 saturated carbocycles. The second-order valence-corrected chi connectivity index (χ2v) is 7.22. The Labute approximate surface area is 173 Å². The van der Waals surface area contributed by atoms with E-state index in [1.807, 2.05) is 19.9 Å². The van der Waals surface area contributed by atoms with Gasteiger partial charge in [0, 0.05) is 0 Å². The van der Waals surface area contributed by atoms with Crippen LogP contribution >= 0.6 is 0 Å². The van der Waals surface area contributed by atoms with Gasteiger partial charge in [0.05, 0.1) is 22.6 Å². The Kier molecular flexibility index (Phi) is 5.07. The number of fused-ring (bicyclic) bond motifs is 1. The maximum atomic E-state index is 13.4. The molecule has 7 nitrogen and oxygen atoms in total. The summed E-state index contributed by atoms with van der Waals surface area (Å²) >= 11 is 0. The predicted molar refractivity (Wildman–Crippen MR) is 113 cm³/mol. The smallest absolute Gasteiger partial charge is 0.246 e. The molecule has 30 heavy (non-hydrogen) atoms. The first-order valence-corrected chi connectivity index (χ1v) is 9.90. The monoisotopic (exact) mass is 406 g/mol. The number of aryl methyl sites for hydroxylation is 2. The first kappa shape index (κ1) is 19.8. The molecule has 0 saturated heterocycles. The van der Waals surface area contributed by atoms with Gasteiger partial charge in [0.15, 0.2) is 17.2 Å². The molecule has 0 amide bonds. The number of halogens is 1. The summed E-state index contributed by atoms with van der Waals surface area (Å²) in [5, 5.41) is 24.0. The minimum Gasteiger partial charge on any atom is -0.492 e. The Morgan fingerprint density at radius 1 is 1.20 bits per heavy atom. The van der Waals surface area contributed by atoms with Crippen LogP contribution in [0.1, 0.15) is 44.3 Å². The summed E-state index contributed by atoms with van der Waals surface area (Å²) in [6, 6.07) is 6.11. The standard InChI is InChI=1S/C22H23FN6O/c1-5-12(3)11-17-13(4)24-20(25-17)19-22(30)29-21(27-26-19)18(16(6-2)28-29)14-7-9-15(23)10-8-14/h7-11,30H,5-6H2,1-4H3,(H,24,25)/b12-11-. The zero-order valence-electron chi connectivity index (χ0n) is 17.4. The number of benzene rings is 1. The van der Waals surface area contributed by atoms with E-state index in [1.165, 1.54) is 22.2 Å². The highest BCUT2D eigenvalue weighted by molar-refractivity contribution is 5.80. The number of allylic oxidation sites excluding steroid dienone is 1. The molecule has 4 aromatic rings. The number of hydrogen-bond donors (Lipinski definition) is 2. The van der Waals surface area contributed by atoms with Crippen molar-refractivity contribution in [3.8, 4) is 28.5 Å². The summed E-state index contributed by atoms with van der Waals surface area (Å²) in [5.74, 6) is -0.0492. The van der Waals surface area contributed by atoms with Crippen LogP contribution in [0.5, 0.6) is 5.88 Å². The Balaban J connectivity index is 1.87. The van der Waals surface area contributed by atoms with Crippen LogP contribution in [0.25, 0.3) is 34.4 Å². The van der Waals surface area contributed by atoms with Gasteiger partial charge < -0.3 is 10.1 Å². The largest absolute Gasteiger partial charge is 0.492 e. The molecule has 0 radical (unpaired) electrons. The highest BCUT2D eigenvalue weighted by atomic mass is 19.1. The van der Waals surface area contributed by atoms with Crippen molar-refractivity contribution in [1.29, 1.82) is 0 Å². The lowest BCUT2D eigenvalue weighted by molar-refractivity contribution is 0.432. The van der Waals surface area contributed by atoms with Gasteiger partial charge in [0.25, 0.3) is 0 Å². The van der Waals surface area contributed by atoms with Gasteiger partial charge in [-0.2, -0.15) is 9.61 Å². The van der Waals surface area contributed by atoms with E-state index in [2.05, 4.69) is 39.1 Å². The van der Waals surface area contributed by atoms with E-state index in [0.717, 1.165) is 34.6 Å². The van der Waals surface area contributed by atoms with Crippen molar-refractivity contribution in [2.24, 2.45) is 0 Å². The third-order valence-electron chi connectivity index (χ3n) is 5.15. The maximum absolute atomic E-state index is 13.4. The molecular weight excluding hydrogens is 383 g/mol. The van der Waals surface area contributed by atoms with Crippen LogP contribution in [0, 0.1) is 12.7 Å². The van der Waals surface area contributed by atoms with E-state index in [4.69, 9.17) is 0 Å². The van der Waals surface area contributed by atoms with Gasteiger partial charge in [-0.15, -0.1) is 10.2 Å². The van der Waals surface area contributed by atoms with E-state index in [1.54, 1.807) is 12.1 Å². The maximum Gasteiger partial charge on any atom is 0.246 e. The van der Waals surface area contributed by atoms with Crippen molar-refractivity contribution in [3.63, 3.8) is 0 Å². The number of rotatable bonds is 5. The Hall–Kier alpha value is -3.55. The number of imidazole rings is 1. The van der Waals surface area contributed by atoms with Gasteiger partial charge in [0.1, 0.15) is 5.82 Å². The van der Waals surface area contributed by atoms with Gasteiger partial charge in [-0.3, -0.25) is 0 Å². The van der Waals surface area contributed by atoms with E-state index in [0.29, 0.717) is 17.9 Å². The lowest BCUT2D eigenvalue weighted by Crippen LogP contribution is -1.99. The molecular formula is C22H23FN6O. The van der Waals surface area contributed by atoms with Crippen LogP contribution in [-0.2, 0) is 6.42 Å². The average molecular weight is 406 g/mol. The number of hydrogen-bond acceptors (Lipinski definition) is 5. The van der Waals surface area contributed by atoms with Crippen LogP contribution in [0.3, 0.4) is 0 Å². The van der Waals surface area contributed by atoms with E-state index in [-0.39, 0.29) is 17.4 Å². The van der Waals surface area contributed by atoms with E-state index >= 15 is 0 Å². The molecule has 8 heteroatoms. The van der Waals surface area contributed by atoms with Crippen molar-refractivity contribution in [3.05, 3.63) is 52.7 Å². The van der Waals surface area contributed by atoms with Crippen molar-refractivity contribution in [2.45, 2.75) is 40.5 Å². The molecule has 0 bridgehead atoms. The SMILES string of the molecule is CC/C(C)=C\c1[nH]c(-c2nnc3c(-c4ccc(F)cc4)c(CC)nn3c2O)nc1C. The predicted octanol–water partition coefficient (Wildman–Crippen LogP) is 4.71. The van der Waals surface area contributed by atoms with Crippen molar-refractivity contribution >= 4 is 11.7 Å². The number of nitrogens with one attached hydrogen (secondary N) is 1. The number of H-pyrrole nitrogens is 1. The molecule has 0 aliphatic heterocycles. The van der Waals surface area contributed by atoms with Crippen molar-refractivity contribution in [1.82, 2.24) is 29.8 Å². The van der Waals surface area contributed by atoms with Crippen molar-refractivity contribution in [2.75, 3.05) is 0 Å². The van der Waals surface area contributed by atoms with E-state index in [9.17, 15) is 9.50 Å². The van der Waals surface area contributed by atoms with Gasteiger partial charge in [0.2, 0.25) is 5.88 Å². The fourth-order valence-electron chi connectivity index (χ4n) is 3.32. The molecule has 0 fully saturated rings. The topological polar surface area (TPSA) is 92.0 Å². The van der Waals surface area contributed by atoms with Crippen LogP contribution in [0.15, 0.2) is 29.8 Å². The summed E-state index contributed by atoms with van der Waals surface area (Å²) in [6.45, 7) is 8.00.